The first-order valence-electron chi connectivity index (χ1n) is 15.3. The number of hydrogen-bond acceptors (Lipinski definition) is 8. The Morgan fingerprint density at radius 3 is 1.26 bits per heavy atom. The Labute approximate surface area is 271 Å². The highest BCUT2D eigenvalue weighted by Crippen LogP contribution is 2.26. The fraction of sp³-hybridized carbons (Fsp3) is 0.444. The van der Waals surface area contributed by atoms with Crippen LogP contribution in [0.15, 0.2) is 60.7 Å². The van der Waals surface area contributed by atoms with Gasteiger partial charge in [0.05, 0.1) is 25.3 Å². The van der Waals surface area contributed by atoms with Gasteiger partial charge in [-0.15, -0.1) is 0 Å². The van der Waals surface area contributed by atoms with E-state index < -0.39 is 11.2 Å². The Balaban J connectivity index is 0.000000250. The predicted molar refractivity (Wildman–Crippen MR) is 176 cm³/mol. The molecule has 0 saturated carbocycles. The van der Waals surface area contributed by atoms with Crippen molar-refractivity contribution in [1.29, 1.82) is 0 Å². The number of benzene rings is 2. The first-order chi connectivity index (χ1) is 21.6. The predicted octanol–water partition coefficient (Wildman–Crippen LogP) is 6.99. The third-order valence-corrected chi connectivity index (χ3v) is 7.03. The molecule has 0 bridgehead atoms. The summed E-state index contributed by atoms with van der Waals surface area (Å²) in [6.45, 7) is 13.3. The van der Waals surface area contributed by atoms with Crippen molar-refractivity contribution in [3.05, 3.63) is 82.9 Å². The minimum absolute atomic E-state index is 0.295. The highest BCUT2D eigenvalue weighted by Gasteiger charge is 2.25. The molecule has 0 aromatic heterocycles. The van der Waals surface area contributed by atoms with E-state index in [1.54, 1.807) is 21.9 Å². The molecule has 0 radical (unpaired) electrons. The molecule has 0 atom stereocenters. The van der Waals surface area contributed by atoms with Gasteiger partial charge < -0.3 is 28.7 Å². The quantitative estimate of drug-likeness (QED) is 0.261. The number of methoxy groups -OCH3 is 2. The first kappa shape index (κ1) is 35.9. The van der Waals surface area contributed by atoms with E-state index >= 15 is 0 Å². The molecule has 4 rings (SSSR count). The molecular weight excluding hydrogens is 588 g/mol. The Morgan fingerprint density at radius 2 is 0.978 bits per heavy atom. The van der Waals surface area contributed by atoms with E-state index in [0.717, 1.165) is 35.1 Å². The summed E-state index contributed by atoms with van der Waals surface area (Å²) in [6, 6.07) is 14.7. The van der Waals surface area contributed by atoms with E-state index in [2.05, 4.69) is 0 Å². The fourth-order valence-corrected chi connectivity index (χ4v) is 4.77. The molecule has 0 spiro atoms. The smallest absolute Gasteiger partial charge is 0.410 e. The van der Waals surface area contributed by atoms with Crippen LogP contribution in [-0.2, 0) is 18.9 Å². The molecule has 2 aliphatic rings. The second-order valence-corrected chi connectivity index (χ2v) is 13.0. The van der Waals surface area contributed by atoms with Gasteiger partial charge in [-0.1, -0.05) is 36.4 Å². The zero-order chi connectivity index (χ0) is 34.1. The second-order valence-electron chi connectivity index (χ2n) is 13.0. The number of ether oxygens (including phenoxy) is 4. The minimum Gasteiger partial charge on any atom is -0.465 e. The van der Waals surface area contributed by atoms with Crippen LogP contribution in [0.4, 0.5) is 9.59 Å². The van der Waals surface area contributed by atoms with E-state index in [0.29, 0.717) is 37.3 Å². The van der Waals surface area contributed by atoms with Gasteiger partial charge in [0.2, 0.25) is 0 Å². The normalized spacial score (nSPS) is 15.0. The van der Waals surface area contributed by atoms with Crippen LogP contribution in [0.3, 0.4) is 0 Å². The van der Waals surface area contributed by atoms with E-state index in [9.17, 15) is 19.2 Å². The summed E-state index contributed by atoms with van der Waals surface area (Å²) in [6.07, 6.45) is 4.87. The van der Waals surface area contributed by atoms with Gasteiger partial charge >= 0.3 is 24.1 Å². The number of carbonyl (C=O) groups excluding carboxylic acids is 4. The molecule has 2 aliphatic heterocycles. The summed E-state index contributed by atoms with van der Waals surface area (Å²) in [4.78, 5) is 50.7. The lowest BCUT2D eigenvalue weighted by Gasteiger charge is -2.29. The summed E-state index contributed by atoms with van der Waals surface area (Å²) in [5.41, 5.74) is 4.28. The van der Waals surface area contributed by atoms with Crippen molar-refractivity contribution in [2.45, 2.75) is 65.6 Å². The molecule has 2 aromatic carbocycles. The van der Waals surface area contributed by atoms with Gasteiger partial charge in [0, 0.05) is 26.2 Å². The zero-order valence-corrected chi connectivity index (χ0v) is 28.2. The van der Waals surface area contributed by atoms with Gasteiger partial charge in [-0.25, -0.2) is 19.2 Å². The molecule has 0 fully saturated rings. The molecule has 248 valence electrons. The molecule has 10 nitrogen and oxygen atoms in total. The maximum atomic E-state index is 12.1. The summed E-state index contributed by atoms with van der Waals surface area (Å²) in [5, 5.41) is 0. The molecule has 2 amide bonds. The molecule has 0 N–H and O–H groups in total. The van der Waals surface area contributed by atoms with Crippen molar-refractivity contribution in [2.24, 2.45) is 0 Å². The highest BCUT2D eigenvalue weighted by atomic mass is 16.6. The van der Waals surface area contributed by atoms with Gasteiger partial charge in [-0.05, 0) is 101 Å². The summed E-state index contributed by atoms with van der Waals surface area (Å²) < 4.78 is 20.3. The summed E-state index contributed by atoms with van der Waals surface area (Å²) in [7, 11) is 2.74. The molecule has 10 heteroatoms. The molecule has 0 unspecified atom stereocenters. The van der Waals surface area contributed by atoms with E-state index in [4.69, 9.17) is 18.9 Å². The van der Waals surface area contributed by atoms with Crippen molar-refractivity contribution in [3.63, 3.8) is 0 Å². The number of esters is 2. The van der Waals surface area contributed by atoms with Crippen molar-refractivity contribution in [2.75, 3.05) is 40.4 Å². The third-order valence-electron chi connectivity index (χ3n) is 7.03. The van der Waals surface area contributed by atoms with Crippen molar-refractivity contribution in [1.82, 2.24) is 9.80 Å². The number of nitrogens with zero attached hydrogens (tertiary/aromatic N) is 2. The van der Waals surface area contributed by atoms with Gasteiger partial charge in [-0.3, -0.25) is 0 Å². The maximum Gasteiger partial charge on any atom is 0.410 e. The van der Waals surface area contributed by atoms with E-state index in [-0.39, 0.29) is 24.1 Å². The van der Waals surface area contributed by atoms with Crippen LogP contribution in [-0.4, -0.2) is 85.5 Å². The van der Waals surface area contributed by atoms with Crippen LogP contribution in [0.1, 0.15) is 86.2 Å². The van der Waals surface area contributed by atoms with Crippen LogP contribution in [0.5, 0.6) is 0 Å². The fourth-order valence-electron chi connectivity index (χ4n) is 4.77. The van der Waals surface area contributed by atoms with Crippen molar-refractivity contribution in [3.8, 4) is 0 Å². The van der Waals surface area contributed by atoms with Crippen LogP contribution in [0.25, 0.3) is 11.1 Å². The standard InChI is InChI=1S/2C18H23NO4/c2*1-18(2,3)23-17(21)19-10-8-13(9-11-19)14-6-5-7-15(12-14)16(20)22-4/h2*5-8,12H,9-11H2,1-4H3. The van der Waals surface area contributed by atoms with Crippen molar-refractivity contribution >= 4 is 35.3 Å². The average Bonchev–Trinajstić information content (AvgIpc) is 3.03. The van der Waals surface area contributed by atoms with E-state index in [1.807, 2.05) is 90.1 Å². The third kappa shape index (κ3) is 10.8. The van der Waals surface area contributed by atoms with Crippen LogP contribution < -0.4 is 0 Å². The maximum absolute atomic E-state index is 12.1. The molecule has 0 saturated heterocycles. The SMILES string of the molecule is COC(=O)c1cccc(C2=CCN(C(=O)OC(C)(C)C)CC2)c1.COC(=O)c1cccc(C2=CCN(C(=O)OC(C)(C)C)CC2)c1. The average molecular weight is 635 g/mol. The zero-order valence-electron chi connectivity index (χ0n) is 28.2. The van der Waals surface area contributed by atoms with Crippen molar-refractivity contribution < 1.29 is 38.1 Å². The summed E-state index contributed by atoms with van der Waals surface area (Å²) in [5.74, 6) is -0.697. The monoisotopic (exact) mass is 634 g/mol. The Kier molecular flexibility index (Phi) is 12.2. The number of amides is 2. The second kappa shape index (κ2) is 15.6. The number of hydrogen-bond donors (Lipinski definition) is 0. The minimum atomic E-state index is -0.490. The lowest BCUT2D eigenvalue weighted by molar-refractivity contribution is 0.0260. The lowest BCUT2D eigenvalue weighted by Crippen LogP contribution is -2.39. The molecule has 2 heterocycles. The topological polar surface area (TPSA) is 112 Å². The van der Waals surface area contributed by atoms with Crippen LogP contribution in [0.2, 0.25) is 0 Å². The van der Waals surface area contributed by atoms with Gasteiger partial charge in [0.15, 0.2) is 0 Å². The number of rotatable bonds is 4. The van der Waals surface area contributed by atoms with E-state index in [1.165, 1.54) is 14.2 Å². The molecular formula is C36H46N2O8. The van der Waals surface area contributed by atoms with Crippen LogP contribution in [0, 0.1) is 0 Å². The lowest BCUT2D eigenvalue weighted by atomic mass is 9.98. The Bertz CT molecular complexity index is 1370. The van der Waals surface area contributed by atoms with Gasteiger partial charge in [0.25, 0.3) is 0 Å². The molecule has 2 aromatic rings. The van der Waals surface area contributed by atoms with Crippen LogP contribution >= 0.6 is 0 Å². The molecule has 0 aliphatic carbocycles. The highest BCUT2D eigenvalue weighted by molar-refractivity contribution is 5.91. The Morgan fingerprint density at radius 1 is 0.609 bits per heavy atom. The first-order valence-corrected chi connectivity index (χ1v) is 15.3. The molecule has 46 heavy (non-hydrogen) atoms. The largest absolute Gasteiger partial charge is 0.465 e. The Hall–Kier alpha value is -4.60. The number of carbonyl (C=O) groups is 4. The summed E-state index contributed by atoms with van der Waals surface area (Å²) >= 11 is 0. The van der Waals surface area contributed by atoms with Gasteiger partial charge in [-0.2, -0.15) is 0 Å². The van der Waals surface area contributed by atoms with Gasteiger partial charge in [0.1, 0.15) is 11.2 Å².